The summed E-state index contributed by atoms with van der Waals surface area (Å²) in [5, 5.41) is 20.5. The van der Waals surface area contributed by atoms with Crippen LogP contribution in [0, 0.1) is 17.0 Å². The molecule has 0 bridgehead atoms. The zero-order chi connectivity index (χ0) is 17.1. The number of nitrogens with zero attached hydrogens (tertiary/aromatic N) is 4. The van der Waals surface area contributed by atoms with Crippen LogP contribution in [-0.4, -0.2) is 26.1 Å². The first-order valence-electron chi connectivity index (χ1n) is 6.32. The number of carbonyl (C=O) groups is 1. The molecule has 0 spiro atoms. The Kier molecular flexibility index (Phi) is 4.60. The van der Waals surface area contributed by atoms with Crippen LogP contribution < -0.4 is 10.6 Å². The van der Waals surface area contributed by atoms with Crippen molar-refractivity contribution in [2.75, 3.05) is 10.6 Å². The molecule has 2 heterocycles. The van der Waals surface area contributed by atoms with E-state index in [2.05, 4.69) is 9.97 Å². The third kappa shape index (κ3) is 3.64. The fourth-order valence-electron chi connectivity index (χ4n) is 1.94. The molecule has 23 heavy (non-hydrogen) atoms. The molecular weight excluding hydrogens is 326 g/mol. The van der Waals surface area contributed by atoms with E-state index < -0.39 is 22.5 Å². The van der Waals surface area contributed by atoms with Crippen molar-refractivity contribution in [1.29, 1.82) is 0 Å². The molecule has 2 rings (SSSR count). The lowest BCUT2D eigenvalue weighted by Gasteiger charge is -2.19. The van der Waals surface area contributed by atoms with E-state index in [1.54, 1.807) is 19.1 Å². The molecule has 9 nitrogen and oxygen atoms in total. The van der Waals surface area contributed by atoms with Crippen molar-refractivity contribution in [2.24, 2.45) is 0 Å². The van der Waals surface area contributed by atoms with E-state index in [1.165, 1.54) is 6.20 Å². The summed E-state index contributed by atoms with van der Waals surface area (Å²) in [6, 6.07) is 4.47. The van der Waals surface area contributed by atoms with Crippen LogP contribution in [0.15, 0.2) is 24.4 Å². The second-order valence-corrected chi connectivity index (χ2v) is 5.02. The summed E-state index contributed by atoms with van der Waals surface area (Å²) in [4.78, 5) is 30.4. The Bertz CT molecular complexity index is 766. The predicted octanol–water partition coefficient (Wildman–Crippen LogP) is 2.61. The van der Waals surface area contributed by atoms with Crippen molar-refractivity contribution in [3.63, 3.8) is 0 Å². The fraction of sp³-hybridized carbons (Fsp3) is 0.154. The molecule has 0 unspecified atom stereocenters. The molecule has 2 aromatic rings. The molecular formula is C13H12ClN5O4. The summed E-state index contributed by atoms with van der Waals surface area (Å²) in [5.74, 6) is -0.453. The van der Waals surface area contributed by atoms with Crippen molar-refractivity contribution in [3.8, 4) is 0 Å². The van der Waals surface area contributed by atoms with Gasteiger partial charge in [0, 0.05) is 18.0 Å². The summed E-state index contributed by atoms with van der Waals surface area (Å²) >= 11 is 5.75. The van der Waals surface area contributed by atoms with Gasteiger partial charge in [-0.15, -0.1) is 0 Å². The third-order valence-electron chi connectivity index (χ3n) is 2.99. The first-order valence-corrected chi connectivity index (χ1v) is 6.69. The van der Waals surface area contributed by atoms with Crippen molar-refractivity contribution >= 4 is 34.9 Å². The Hall–Kier alpha value is -2.94. The number of hydrogen-bond donors (Lipinski definition) is 2. The average molecular weight is 338 g/mol. The molecule has 3 N–H and O–H groups in total. The number of rotatable bonds is 4. The lowest BCUT2D eigenvalue weighted by atomic mass is 10.2. The second-order valence-electron chi connectivity index (χ2n) is 4.63. The lowest BCUT2D eigenvalue weighted by Crippen LogP contribution is -2.29. The number of pyridine rings is 2. The van der Waals surface area contributed by atoms with Crippen LogP contribution in [0.3, 0.4) is 0 Å². The van der Waals surface area contributed by atoms with E-state index in [0.717, 1.165) is 16.7 Å². The van der Waals surface area contributed by atoms with Gasteiger partial charge in [-0.3, -0.25) is 20.0 Å². The number of amides is 1. The molecule has 1 amide bonds. The highest BCUT2D eigenvalue weighted by Gasteiger charge is 2.28. The van der Waals surface area contributed by atoms with Gasteiger partial charge in [0.05, 0.1) is 11.5 Å². The Balaban J connectivity index is 2.51. The van der Waals surface area contributed by atoms with Crippen LogP contribution in [0.2, 0.25) is 5.15 Å². The van der Waals surface area contributed by atoms with Gasteiger partial charge in [-0.05, 0) is 18.6 Å². The number of carboxylic acid groups (broad SMARTS) is 1. The van der Waals surface area contributed by atoms with Gasteiger partial charge >= 0.3 is 11.8 Å². The zero-order valence-electron chi connectivity index (χ0n) is 11.9. The number of nitrogen functional groups attached to an aromatic ring is 1. The molecule has 0 radical (unpaired) electrons. The average Bonchev–Trinajstić information content (AvgIpc) is 2.44. The monoisotopic (exact) mass is 337 g/mol. The Morgan fingerprint density at radius 2 is 2.22 bits per heavy atom. The van der Waals surface area contributed by atoms with E-state index in [9.17, 15) is 20.0 Å². The maximum atomic E-state index is 11.5. The van der Waals surface area contributed by atoms with Gasteiger partial charge in [0.2, 0.25) is 5.82 Å². The highest BCUT2D eigenvalue weighted by molar-refractivity contribution is 6.30. The minimum absolute atomic E-state index is 0.142. The van der Waals surface area contributed by atoms with Gasteiger partial charge in [0.25, 0.3) is 0 Å². The normalized spacial score (nSPS) is 10.3. The van der Waals surface area contributed by atoms with Gasteiger partial charge in [-0.2, -0.15) is 0 Å². The number of aryl methyl sites for hydroxylation is 1. The first kappa shape index (κ1) is 16.4. The van der Waals surface area contributed by atoms with Crippen molar-refractivity contribution < 1.29 is 14.8 Å². The van der Waals surface area contributed by atoms with Crippen LogP contribution in [0.1, 0.15) is 11.3 Å². The molecule has 0 aromatic carbocycles. The predicted molar refractivity (Wildman–Crippen MR) is 83.5 cm³/mol. The fourth-order valence-corrected chi connectivity index (χ4v) is 2.13. The van der Waals surface area contributed by atoms with E-state index in [1.807, 2.05) is 0 Å². The Morgan fingerprint density at radius 3 is 2.74 bits per heavy atom. The number of nitrogens with two attached hydrogens (primary N) is 1. The van der Waals surface area contributed by atoms with Crippen LogP contribution >= 0.6 is 11.6 Å². The smallest absolute Gasteiger partial charge is 0.412 e. The second kappa shape index (κ2) is 6.44. The van der Waals surface area contributed by atoms with Gasteiger partial charge in [0.1, 0.15) is 10.8 Å². The maximum Gasteiger partial charge on any atom is 0.412 e. The van der Waals surface area contributed by atoms with E-state index >= 15 is 0 Å². The number of nitro groups is 1. The van der Waals surface area contributed by atoms with Crippen molar-refractivity contribution in [1.82, 2.24) is 9.97 Å². The zero-order valence-corrected chi connectivity index (χ0v) is 12.7. The van der Waals surface area contributed by atoms with Crippen molar-refractivity contribution in [3.05, 3.63) is 50.9 Å². The lowest BCUT2D eigenvalue weighted by molar-refractivity contribution is -0.383. The molecule has 0 saturated heterocycles. The molecule has 2 aromatic heterocycles. The summed E-state index contributed by atoms with van der Waals surface area (Å²) < 4.78 is 0. The molecule has 0 aliphatic rings. The van der Waals surface area contributed by atoms with Gasteiger partial charge in [-0.1, -0.05) is 17.7 Å². The number of hydrogen-bond acceptors (Lipinski definition) is 6. The number of halogens is 1. The van der Waals surface area contributed by atoms with E-state index in [-0.39, 0.29) is 17.4 Å². The molecule has 0 saturated carbocycles. The summed E-state index contributed by atoms with van der Waals surface area (Å²) in [6.07, 6.45) is 0.0961. The minimum Gasteiger partial charge on any atom is -0.465 e. The number of anilines is 2. The Labute approximate surface area is 135 Å². The molecule has 0 atom stereocenters. The van der Waals surface area contributed by atoms with Crippen LogP contribution in [0.25, 0.3) is 0 Å². The Morgan fingerprint density at radius 1 is 1.52 bits per heavy atom. The molecule has 0 aliphatic heterocycles. The van der Waals surface area contributed by atoms with Crippen LogP contribution in [-0.2, 0) is 6.54 Å². The quantitative estimate of drug-likeness (QED) is 0.497. The van der Waals surface area contributed by atoms with Crippen LogP contribution in [0.5, 0.6) is 0 Å². The van der Waals surface area contributed by atoms with Gasteiger partial charge < -0.3 is 10.8 Å². The summed E-state index contributed by atoms with van der Waals surface area (Å²) in [5.41, 5.74) is 5.96. The largest absolute Gasteiger partial charge is 0.465 e. The first-order chi connectivity index (χ1) is 10.8. The topological polar surface area (TPSA) is 135 Å². The van der Waals surface area contributed by atoms with Gasteiger partial charge in [-0.25, -0.2) is 9.78 Å². The minimum atomic E-state index is -1.39. The van der Waals surface area contributed by atoms with Crippen molar-refractivity contribution in [2.45, 2.75) is 13.5 Å². The number of aromatic nitrogens is 2. The summed E-state index contributed by atoms with van der Waals surface area (Å²) in [6.45, 7) is 1.64. The standard InChI is InChI=1S/C13H12ClN5O4/c1-7-2-3-8(5-16-7)6-18(13(20)21)9-4-10(14)17-12(15)11(9)19(22)23/h2-5H,6H2,1H3,(H2,15,17)(H,20,21). The summed E-state index contributed by atoms with van der Waals surface area (Å²) in [7, 11) is 0. The van der Waals surface area contributed by atoms with E-state index in [0.29, 0.717) is 5.56 Å². The molecule has 0 aliphatic carbocycles. The molecule has 10 heteroatoms. The third-order valence-corrected chi connectivity index (χ3v) is 3.18. The maximum absolute atomic E-state index is 11.5. The molecule has 0 fully saturated rings. The molecule has 120 valence electrons. The van der Waals surface area contributed by atoms with E-state index in [4.69, 9.17) is 17.3 Å². The van der Waals surface area contributed by atoms with Gasteiger partial charge in [0.15, 0.2) is 0 Å². The van der Waals surface area contributed by atoms with Crippen LogP contribution in [0.4, 0.5) is 22.0 Å². The highest BCUT2D eigenvalue weighted by Crippen LogP contribution is 2.35. The highest BCUT2D eigenvalue weighted by atomic mass is 35.5. The SMILES string of the molecule is Cc1ccc(CN(C(=O)O)c2cc(Cl)nc(N)c2[N+](=O)[O-])cn1.